The second kappa shape index (κ2) is 40.9. The number of aryl methyl sites for hydroxylation is 6. The summed E-state index contributed by atoms with van der Waals surface area (Å²) in [6.07, 6.45) is 6.86. The summed E-state index contributed by atoms with van der Waals surface area (Å²) in [5.41, 5.74) is 13.1. The summed E-state index contributed by atoms with van der Waals surface area (Å²) in [5.74, 6) is -19.9. The Kier molecular flexibility index (Phi) is 31.6. The zero-order valence-corrected chi connectivity index (χ0v) is 78.0. The van der Waals surface area contributed by atoms with Crippen molar-refractivity contribution in [2.75, 3.05) is 29.5 Å². The molecule has 3 aromatic carbocycles. The summed E-state index contributed by atoms with van der Waals surface area (Å²) in [5, 5.41) is 0.187. The van der Waals surface area contributed by atoms with Gasteiger partial charge in [-0.1, -0.05) is 102 Å². The topological polar surface area (TPSA) is 194 Å². The van der Waals surface area contributed by atoms with E-state index in [-0.39, 0.29) is 105 Å². The maximum absolute atomic E-state index is 15.8. The first-order valence-electron chi connectivity index (χ1n) is 41.4. The van der Waals surface area contributed by atoms with Gasteiger partial charge in [0, 0.05) is 159 Å². The number of unbranched alkanes of at least 4 members (excludes halogenated alkanes) is 3. The van der Waals surface area contributed by atoms with Crippen LogP contribution in [0.25, 0.3) is 65.2 Å². The predicted molar refractivity (Wildman–Crippen MR) is 496 cm³/mol. The lowest BCUT2D eigenvalue weighted by atomic mass is 9.91. The Morgan fingerprint density at radius 2 is 0.889 bits per heavy atom. The Morgan fingerprint density at radius 3 is 1.32 bits per heavy atom. The molecule has 6 aromatic heterocycles. The van der Waals surface area contributed by atoms with Crippen molar-refractivity contribution < 1.29 is 88.4 Å². The number of amides is 2. The normalized spacial score (nSPS) is 14.3. The third kappa shape index (κ3) is 20.4. The number of thiophene rings is 5. The molecule has 0 saturated carbocycles. The van der Waals surface area contributed by atoms with Gasteiger partial charge in [0.05, 0.1) is 17.8 Å². The highest BCUT2D eigenvalue weighted by atomic mass is 32.1. The van der Waals surface area contributed by atoms with Crippen molar-refractivity contribution in [3.8, 4) is 20.9 Å². The van der Waals surface area contributed by atoms with Crippen molar-refractivity contribution in [2.45, 2.75) is 213 Å². The van der Waals surface area contributed by atoms with Crippen molar-refractivity contribution in [3.05, 3.63) is 241 Å². The molecule has 0 fully saturated rings. The first kappa shape index (κ1) is 97.4. The van der Waals surface area contributed by atoms with E-state index in [2.05, 4.69) is 109 Å². The second-order valence-electron chi connectivity index (χ2n) is 31.6. The number of anilines is 2. The largest absolute Gasteiger partial charge is 0.462 e. The smallest absolute Gasteiger partial charge is 0.380 e. The molecule has 0 spiro atoms. The van der Waals surface area contributed by atoms with Gasteiger partial charge in [0.2, 0.25) is 0 Å². The minimum Gasteiger partial charge on any atom is -0.462 e. The van der Waals surface area contributed by atoms with Gasteiger partial charge in [0.25, 0.3) is 11.8 Å². The number of carbonyl (C=O) groups is 8. The zero-order valence-electron chi connectivity index (χ0n) is 74.0. The van der Waals surface area contributed by atoms with Gasteiger partial charge < -0.3 is 38.1 Å². The van der Waals surface area contributed by atoms with Gasteiger partial charge in [0.15, 0.2) is 0 Å². The third-order valence-electron chi connectivity index (χ3n) is 22.0. The van der Waals surface area contributed by atoms with Crippen molar-refractivity contribution in [1.82, 2.24) is 4.57 Å². The van der Waals surface area contributed by atoms with E-state index >= 15 is 26.3 Å². The van der Waals surface area contributed by atoms with Crippen LogP contribution in [0.1, 0.15) is 202 Å². The molecule has 27 heteroatoms. The number of para-hydroxylation sites is 1. The van der Waals surface area contributed by atoms with Crippen LogP contribution < -0.4 is 9.80 Å². The number of carbonyl (C=O) groups excluding carboxylic acids is 8. The molecule has 16 nitrogen and oxygen atoms in total. The third-order valence-corrected chi connectivity index (χ3v) is 27.6. The minimum absolute atomic E-state index is 0.0263. The van der Waals surface area contributed by atoms with Gasteiger partial charge in [-0.3, -0.25) is 14.4 Å². The maximum atomic E-state index is 15.8. The van der Waals surface area contributed by atoms with Crippen LogP contribution in [0, 0.1) is 55.4 Å². The number of likely N-dealkylation sites (N-methyl/N-ethyl adjacent to an activating group) is 2. The van der Waals surface area contributed by atoms with Crippen LogP contribution in [0.2, 0.25) is 0 Å². The first-order valence-corrected chi connectivity index (χ1v) is 45.5. The number of cyclic esters (lactones) is 2. The highest BCUT2D eigenvalue weighted by Gasteiger charge is 2.80. The van der Waals surface area contributed by atoms with E-state index in [0.717, 1.165) is 77.1 Å². The fourth-order valence-electron chi connectivity index (χ4n) is 15.8. The maximum Gasteiger partial charge on any atom is 0.380 e. The van der Waals surface area contributed by atoms with Crippen LogP contribution in [0.4, 0.5) is 37.7 Å². The molecule has 7 heterocycles. The van der Waals surface area contributed by atoms with Gasteiger partial charge in [-0.25, -0.2) is 24.0 Å². The van der Waals surface area contributed by atoms with E-state index in [1.54, 1.807) is 72.4 Å². The molecule has 0 atom stereocenters. The van der Waals surface area contributed by atoms with Crippen LogP contribution >= 0.6 is 56.7 Å². The average molecular weight is 1820 g/mol. The number of benzene rings is 3. The Bertz CT molecular complexity index is 5720. The molecule has 126 heavy (non-hydrogen) atoms. The molecule has 0 bridgehead atoms. The highest BCUT2D eigenvalue weighted by molar-refractivity contribution is 7.16. The fraction of sp³-hybridized carbons (Fsp3) is 0.354. The van der Waals surface area contributed by atoms with Crippen LogP contribution in [0.15, 0.2) is 152 Å². The zero-order chi connectivity index (χ0) is 92.6. The standard InChI is InChI=1S/C41H46N2O2S2.C34H37F6NO4S.C24H22O7S2/c1-11-42(40(44)24(3)4)32-20-16-30(17-21-32)38-26(7)36(28(9)46-38)34-14-13-15-35(34)37-27(8)39(47-29(37)10)31-18-22-33(23-19-31)43(12-2)41(45)25(5)6;1-6-7-8-11-16-41-21(4)28(24-13-9-10-14-26(24)41)30-29(32(35,36)34(39,40)33(30,37)38)25-18-23(46-22(25)5)19-45-27(42)15-12-17-44-31(43)20(2)3;1-11(2)21(25)29-9-15-7-17(13(5)32-15)19-20(24(28)31-23(19)27)18-8-16(33-14(18)6)10-30-22(26)12(3)4/h16-23H,3,5,11-15H2,1-2,4,6-10H3;9-10,13-14,18H,2,6-8,11-12,15-17,19H2,1,3-5H3;7-8H,1,3,9-10H2,2,4-6H3. The lowest BCUT2D eigenvalue weighted by Gasteiger charge is -2.26. The number of halogens is 6. The molecule has 0 radical (unpaired) electrons. The van der Waals surface area contributed by atoms with E-state index in [4.69, 9.17) is 23.7 Å². The number of ether oxygens (including phenoxy) is 5. The van der Waals surface area contributed by atoms with Gasteiger partial charge in [-0.05, 0) is 235 Å². The molecule has 0 unspecified atom stereocenters. The number of hydrogen-bond acceptors (Lipinski definition) is 18. The summed E-state index contributed by atoms with van der Waals surface area (Å²) in [6.45, 7) is 49.2. The molecule has 0 saturated heterocycles. The number of aromatic nitrogens is 1. The summed E-state index contributed by atoms with van der Waals surface area (Å²) < 4.78 is 121. The van der Waals surface area contributed by atoms with Crippen LogP contribution in [-0.2, 0) is 88.4 Å². The fourth-order valence-corrected chi connectivity index (χ4v) is 21.1. The molecule has 9 aromatic rings. The molecule has 2 amide bonds. The van der Waals surface area contributed by atoms with E-state index in [1.807, 2.05) is 57.3 Å². The second-order valence-corrected chi connectivity index (χ2v) is 38.0. The number of hydrogen-bond donors (Lipinski definition) is 0. The summed E-state index contributed by atoms with van der Waals surface area (Å²) >= 11 is 7.34. The molecule has 3 aliphatic rings. The number of rotatable bonds is 32. The number of nitrogens with zero attached hydrogens (tertiary/aromatic N) is 3. The van der Waals surface area contributed by atoms with Crippen molar-refractivity contribution in [3.63, 3.8) is 0 Å². The van der Waals surface area contributed by atoms with Crippen molar-refractivity contribution >= 4 is 160 Å². The molecule has 1 aliphatic heterocycles. The molecular formula is C99H105F6N3O13S5. The summed E-state index contributed by atoms with van der Waals surface area (Å²) in [7, 11) is 0. The van der Waals surface area contributed by atoms with Crippen molar-refractivity contribution in [2.24, 2.45) is 0 Å². The van der Waals surface area contributed by atoms with E-state index < -0.39 is 70.3 Å². The van der Waals surface area contributed by atoms with Crippen LogP contribution in [0.3, 0.4) is 0 Å². The van der Waals surface area contributed by atoms with Crippen LogP contribution in [0.5, 0.6) is 0 Å². The lowest BCUT2D eigenvalue weighted by molar-refractivity contribution is -0.254. The number of esters is 6. The van der Waals surface area contributed by atoms with Crippen molar-refractivity contribution in [1.29, 1.82) is 0 Å². The van der Waals surface area contributed by atoms with Crippen LogP contribution in [-0.4, -0.2) is 89.7 Å². The Labute approximate surface area is 752 Å². The Hall–Kier alpha value is -10.8. The predicted octanol–water partition coefficient (Wildman–Crippen LogP) is 25.7. The summed E-state index contributed by atoms with van der Waals surface area (Å²) in [6, 6.07) is 27.8. The Morgan fingerprint density at radius 1 is 0.476 bits per heavy atom. The van der Waals surface area contributed by atoms with E-state index in [0.29, 0.717) is 63.6 Å². The molecule has 666 valence electrons. The monoisotopic (exact) mass is 1820 g/mol. The average Bonchev–Trinajstić information content (AvgIpc) is 1.52. The Balaban J connectivity index is 0.000000201. The van der Waals surface area contributed by atoms with Gasteiger partial charge in [-0.15, -0.1) is 56.7 Å². The first-order chi connectivity index (χ1) is 59.4. The highest BCUT2D eigenvalue weighted by Crippen LogP contribution is 2.66. The summed E-state index contributed by atoms with van der Waals surface area (Å²) in [4.78, 5) is 110. The molecule has 12 rings (SSSR count). The van der Waals surface area contributed by atoms with E-state index in [9.17, 15) is 38.4 Å². The quantitative estimate of drug-likeness (QED) is 0.00966. The SMILES string of the molecule is C=C(C)C(=O)N(CC)c1ccc(-c2sc(C)c(C3=C(c4c(C)sc(-c5ccc(N(CC)C(=O)C(=C)C)cc5)c4C)CCC3)c2C)cc1.C=C(C)C(=O)OCCCC(=O)OCc1cc(C2=C(c3c(C)n(CCCCCC)c4ccccc34)C(F)(F)C(F)(F)C2(F)F)c(C)s1.C=C(C)C(=O)OCc1cc(C2=C(c3cc(COC(=O)C(=C)C)sc3C)C(=O)OC2=O)c(C)s1. The number of fused-ring (bicyclic) bond motifs is 1. The molecule has 0 N–H and O–H groups in total. The lowest BCUT2D eigenvalue weighted by Crippen LogP contribution is -2.49. The molecule has 2 aliphatic carbocycles. The van der Waals surface area contributed by atoms with Gasteiger partial charge >= 0.3 is 53.6 Å². The molecular weight excluding hydrogens is 1710 g/mol. The van der Waals surface area contributed by atoms with Gasteiger partial charge in [0.1, 0.15) is 19.8 Å². The number of alkyl halides is 6. The number of allylic oxidation sites excluding steroid dienone is 4. The van der Waals surface area contributed by atoms with Gasteiger partial charge in [-0.2, -0.15) is 26.3 Å². The van der Waals surface area contributed by atoms with E-state index in [1.165, 1.54) is 114 Å². The minimum atomic E-state index is -5.70.